The van der Waals surface area contributed by atoms with Gasteiger partial charge in [-0.2, -0.15) is 0 Å². The molecule has 2 rings (SSSR count). The lowest BCUT2D eigenvalue weighted by Crippen LogP contribution is -2.14. The Morgan fingerprint density at radius 2 is 1.94 bits per heavy atom. The standard InChI is InChI=1S/C13H15N3O/c1-13(2,3)11-5-4-9-10(16-11)6-8(7-15-9)12(14)17/h4-7H,1-3H3,(H2,14,17). The van der Waals surface area contributed by atoms with Gasteiger partial charge in [0.15, 0.2) is 0 Å². The number of pyridine rings is 2. The molecule has 1 amide bonds. The molecule has 2 aromatic heterocycles. The summed E-state index contributed by atoms with van der Waals surface area (Å²) in [5.74, 6) is -0.484. The lowest BCUT2D eigenvalue weighted by atomic mass is 9.91. The summed E-state index contributed by atoms with van der Waals surface area (Å²) in [5.41, 5.74) is 8.01. The Morgan fingerprint density at radius 3 is 2.53 bits per heavy atom. The Kier molecular flexibility index (Phi) is 2.58. The van der Waals surface area contributed by atoms with Crippen LogP contribution in [0.5, 0.6) is 0 Å². The van der Waals surface area contributed by atoms with Gasteiger partial charge in [-0.15, -0.1) is 0 Å². The van der Waals surface area contributed by atoms with E-state index in [1.807, 2.05) is 12.1 Å². The van der Waals surface area contributed by atoms with Crippen molar-refractivity contribution in [1.82, 2.24) is 9.97 Å². The highest BCUT2D eigenvalue weighted by Crippen LogP contribution is 2.22. The van der Waals surface area contributed by atoms with Crippen LogP contribution in [0.4, 0.5) is 0 Å². The monoisotopic (exact) mass is 229 g/mol. The smallest absolute Gasteiger partial charge is 0.250 e. The summed E-state index contributed by atoms with van der Waals surface area (Å²) < 4.78 is 0. The van der Waals surface area contributed by atoms with Gasteiger partial charge in [0.25, 0.3) is 0 Å². The van der Waals surface area contributed by atoms with Gasteiger partial charge in [0.2, 0.25) is 5.91 Å². The summed E-state index contributed by atoms with van der Waals surface area (Å²) in [7, 11) is 0. The van der Waals surface area contributed by atoms with Crippen molar-refractivity contribution in [3.8, 4) is 0 Å². The highest BCUT2D eigenvalue weighted by Gasteiger charge is 2.16. The van der Waals surface area contributed by atoms with E-state index >= 15 is 0 Å². The predicted octanol–water partition coefficient (Wildman–Crippen LogP) is 2.03. The largest absolute Gasteiger partial charge is 0.366 e. The molecule has 0 saturated carbocycles. The van der Waals surface area contributed by atoms with Gasteiger partial charge >= 0.3 is 0 Å². The maximum absolute atomic E-state index is 11.1. The molecule has 0 unspecified atom stereocenters. The molecule has 0 aliphatic heterocycles. The van der Waals surface area contributed by atoms with Crippen LogP contribution in [0, 0.1) is 0 Å². The fourth-order valence-electron chi connectivity index (χ4n) is 1.56. The number of carbonyl (C=O) groups is 1. The molecule has 88 valence electrons. The minimum Gasteiger partial charge on any atom is -0.366 e. The van der Waals surface area contributed by atoms with Crippen LogP contribution in [0.3, 0.4) is 0 Å². The number of fused-ring (bicyclic) bond motifs is 1. The molecule has 17 heavy (non-hydrogen) atoms. The van der Waals surface area contributed by atoms with Gasteiger partial charge in [0.1, 0.15) is 0 Å². The van der Waals surface area contributed by atoms with Crippen LogP contribution >= 0.6 is 0 Å². The van der Waals surface area contributed by atoms with E-state index < -0.39 is 5.91 Å². The summed E-state index contributed by atoms with van der Waals surface area (Å²) in [4.78, 5) is 19.8. The average Bonchev–Trinajstić information content (AvgIpc) is 2.26. The lowest BCUT2D eigenvalue weighted by molar-refractivity contribution is 0.1000. The molecule has 2 aromatic rings. The van der Waals surface area contributed by atoms with Gasteiger partial charge in [-0.1, -0.05) is 20.8 Å². The van der Waals surface area contributed by atoms with E-state index in [0.29, 0.717) is 11.1 Å². The highest BCUT2D eigenvalue weighted by atomic mass is 16.1. The van der Waals surface area contributed by atoms with E-state index in [9.17, 15) is 4.79 Å². The molecular weight excluding hydrogens is 214 g/mol. The second-order valence-corrected chi connectivity index (χ2v) is 5.07. The number of carbonyl (C=O) groups excluding carboxylic acids is 1. The van der Waals surface area contributed by atoms with E-state index in [2.05, 4.69) is 30.7 Å². The first kappa shape index (κ1) is 11.5. The quantitative estimate of drug-likeness (QED) is 0.813. The van der Waals surface area contributed by atoms with Gasteiger partial charge in [-0.05, 0) is 18.2 Å². The second-order valence-electron chi connectivity index (χ2n) is 5.07. The zero-order valence-electron chi connectivity index (χ0n) is 10.2. The number of amides is 1. The zero-order valence-corrected chi connectivity index (χ0v) is 10.2. The number of rotatable bonds is 1. The number of aromatic nitrogens is 2. The van der Waals surface area contributed by atoms with Crippen LogP contribution in [0.15, 0.2) is 24.4 Å². The Balaban J connectivity index is 2.62. The molecule has 2 N–H and O–H groups in total. The molecule has 4 heteroatoms. The number of nitrogens with zero attached hydrogens (tertiary/aromatic N) is 2. The molecule has 0 saturated heterocycles. The van der Waals surface area contributed by atoms with Crippen LogP contribution in [0.25, 0.3) is 11.0 Å². The minimum absolute atomic E-state index is 0.0308. The van der Waals surface area contributed by atoms with Crippen LogP contribution in [0.2, 0.25) is 0 Å². The van der Waals surface area contributed by atoms with Crippen molar-refractivity contribution in [3.63, 3.8) is 0 Å². The van der Waals surface area contributed by atoms with Crippen LogP contribution in [-0.4, -0.2) is 15.9 Å². The summed E-state index contributed by atoms with van der Waals surface area (Å²) >= 11 is 0. The first-order valence-electron chi connectivity index (χ1n) is 5.45. The van der Waals surface area contributed by atoms with Crippen molar-refractivity contribution in [3.05, 3.63) is 35.7 Å². The van der Waals surface area contributed by atoms with E-state index in [0.717, 1.165) is 11.2 Å². The molecule has 0 fully saturated rings. The van der Waals surface area contributed by atoms with E-state index in [1.54, 1.807) is 6.07 Å². The molecule has 0 aromatic carbocycles. The molecule has 0 aliphatic carbocycles. The molecule has 4 nitrogen and oxygen atoms in total. The van der Waals surface area contributed by atoms with Crippen molar-refractivity contribution < 1.29 is 4.79 Å². The predicted molar refractivity (Wildman–Crippen MR) is 66.8 cm³/mol. The summed E-state index contributed by atoms with van der Waals surface area (Å²) in [5, 5.41) is 0. The number of nitrogens with two attached hydrogens (primary N) is 1. The van der Waals surface area contributed by atoms with Gasteiger partial charge < -0.3 is 5.73 Å². The van der Waals surface area contributed by atoms with E-state index in [4.69, 9.17) is 5.73 Å². The van der Waals surface area contributed by atoms with E-state index in [-0.39, 0.29) is 5.41 Å². The van der Waals surface area contributed by atoms with Crippen LogP contribution < -0.4 is 5.73 Å². The Hall–Kier alpha value is -1.97. The van der Waals surface area contributed by atoms with Crippen molar-refractivity contribution in [1.29, 1.82) is 0 Å². The van der Waals surface area contributed by atoms with E-state index in [1.165, 1.54) is 6.20 Å². The molecule has 0 radical (unpaired) electrons. The van der Waals surface area contributed by atoms with Gasteiger partial charge in [0.05, 0.1) is 16.6 Å². The Bertz CT molecular complexity index is 585. The van der Waals surface area contributed by atoms with Crippen molar-refractivity contribution in [2.24, 2.45) is 5.73 Å². The normalized spacial score (nSPS) is 11.7. The fraction of sp³-hybridized carbons (Fsp3) is 0.308. The topological polar surface area (TPSA) is 68.9 Å². The first-order valence-corrected chi connectivity index (χ1v) is 5.45. The van der Waals surface area contributed by atoms with Gasteiger partial charge in [-0.25, -0.2) is 0 Å². The third kappa shape index (κ3) is 2.25. The summed E-state index contributed by atoms with van der Waals surface area (Å²) in [6.45, 7) is 6.27. The van der Waals surface area contributed by atoms with Crippen molar-refractivity contribution >= 4 is 16.9 Å². The molecular formula is C13H15N3O. The maximum Gasteiger partial charge on any atom is 0.250 e. The van der Waals surface area contributed by atoms with Gasteiger partial charge in [0, 0.05) is 17.3 Å². The van der Waals surface area contributed by atoms with Crippen LogP contribution in [-0.2, 0) is 5.41 Å². The Labute approximate surface area is 99.9 Å². The second kappa shape index (κ2) is 3.80. The SMILES string of the molecule is CC(C)(C)c1ccc2ncc(C(N)=O)cc2n1. The minimum atomic E-state index is -0.484. The third-order valence-electron chi connectivity index (χ3n) is 2.59. The maximum atomic E-state index is 11.1. The lowest BCUT2D eigenvalue weighted by Gasteiger charge is -2.17. The van der Waals surface area contributed by atoms with Gasteiger partial charge in [-0.3, -0.25) is 14.8 Å². The summed E-state index contributed by atoms with van der Waals surface area (Å²) in [6, 6.07) is 5.55. The molecule has 2 heterocycles. The number of primary amides is 1. The number of hydrogen-bond acceptors (Lipinski definition) is 3. The van der Waals surface area contributed by atoms with Crippen molar-refractivity contribution in [2.75, 3.05) is 0 Å². The average molecular weight is 229 g/mol. The zero-order chi connectivity index (χ0) is 12.6. The molecule has 0 atom stereocenters. The van der Waals surface area contributed by atoms with Crippen LogP contribution in [0.1, 0.15) is 36.8 Å². The highest BCUT2D eigenvalue weighted by molar-refractivity contribution is 5.95. The molecule has 0 spiro atoms. The Morgan fingerprint density at radius 1 is 1.24 bits per heavy atom. The van der Waals surface area contributed by atoms with Crippen molar-refractivity contribution in [2.45, 2.75) is 26.2 Å². The third-order valence-corrected chi connectivity index (χ3v) is 2.59. The molecule has 0 aliphatic rings. The molecule has 0 bridgehead atoms. The summed E-state index contributed by atoms with van der Waals surface area (Å²) in [6.07, 6.45) is 1.48. The fourth-order valence-corrected chi connectivity index (χ4v) is 1.56. The first-order chi connectivity index (χ1) is 7.88. The number of hydrogen-bond donors (Lipinski definition) is 1.